The van der Waals surface area contributed by atoms with Crippen molar-refractivity contribution in [1.82, 2.24) is 20.2 Å². The van der Waals surface area contributed by atoms with E-state index in [0.717, 1.165) is 33.8 Å². The maximum absolute atomic E-state index is 13.0. The summed E-state index contributed by atoms with van der Waals surface area (Å²) in [6, 6.07) is 0. The van der Waals surface area contributed by atoms with Crippen LogP contribution in [0.4, 0.5) is 5.13 Å². The Morgan fingerprint density at radius 2 is 2.13 bits per heavy atom. The number of rotatable bonds is 7. The highest BCUT2D eigenvalue weighted by Gasteiger charge is 2.40. The molecule has 2 aromatic heterocycles. The van der Waals surface area contributed by atoms with Crippen molar-refractivity contribution in [2.45, 2.75) is 86.3 Å². The molecule has 0 saturated heterocycles. The summed E-state index contributed by atoms with van der Waals surface area (Å²) in [5, 5.41) is 15.4. The number of nitrogens with zero attached hydrogens (tertiary/aromatic N) is 4. The number of carbonyl (C=O) groups excluding carboxylic acids is 1. The molecule has 1 N–H and O–H groups in total. The number of aromatic nitrogens is 4. The van der Waals surface area contributed by atoms with Gasteiger partial charge in [0.05, 0.1) is 5.25 Å². The summed E-state index contributed by atoms with van der Waals surface area (Å²) in [6.45, 7) is 8.69. The summed E-state index contributed by atoms with van der Waals surface area (Å²) in [5.41, 5.74) is 1.28. The topological polar surface area (TPSA) is 80.7 Å². The lowest BCUT2D eigenvalue weighted by molar-refractivity contribution is -0.115. The molecular formula is C21H29N5OS3. The van der Waals surface area contributed by atoms with Crippen LogP contribution in [0.15, 0.2) is 16.4 Å². The normalized spacial score (nSPS) is 23.8. The smallest absolute Gasteiger partial charge is 0.239 e. The van der Waals surface area contributed by atoms with Crippen molar-refractivity contribution in [3.8, 4) is 0 Å². The Kier molecular flexibility index (Phi) is 6.99. The summed E-state index contributed by atoms with van der Waals surface area (Å²) < 4.78 is 0. The van der Waals surface area contributed by atoms with E-state index in [0.29, 0.717) is 22.2 Å². The van der Waals surface area contributed by atoms with Crippen molar-refractivity contribution in [2.24, 2.45) is 11.8 Å². The van der Waals surface area contributed by atoms with E-state index in [1.54, 1.807) is 18.1 Å². The first-order valence-electron chi connectivity index (χ1n) is 10.8. The van der Waals surface area contributed by atoms with Gasteiger partial charge in [-0.15, -0.1) is 22.0 Å². The highest BCUT2D eigenvalue weighted by Crippen LogP contribution is 2.54. The van der Waals surface area contributed by atoms with Crippen molar-refractivity contribution in [1.29, 1.82) is 0 Å². The van der Waals surface area contributed by atoms with Crippen LogP contribution in [0.25, 0.3) is 0 Å². The van der Waals surface area contributed by atoms with Gasteiger partial charge in [0.15, 0.2) is 0 Å². The first kappa shape index (κ1) is 22.0. The molecule has 0 bridgehead atoms. The zero-order valence-corrected chi connectivity index (χ0v) is 20.4. The Labute approximate surface area is 190 Å². The predicted octanol–water partition coefficient (Wildman–Crippen LogP) is 5.41. The molecule has 4 rings (SSSR count). The van der Waals surface area contributed by atoms with Crippen LogP contribution in [0.5, 0.6) is 0 Å². The summed E-state index contributed by atoms with van der Waals surface area (Å²) in [5.74, 6) is 1.79. The maximum Gasteiger partial charge on any atom is 0.239 e. The van der Waals surface area contributed by atoms with Crippen LogP contribution in [-0.2, 0) is 11.2 Å². The van der Waals surface area contributed by atoms with Crippen molar-refractivity contribution >= 4 is 45.9 Å². The van der Waals surface area contributed by atoms with Gasteiger partial charge >= 0.3 is 0 Å². The second kappa shape index (κ2) is 9.53. The Hall–Kier alpha value is -1.19. The molecule has 4 unspecified atom stereocenters. The van der Waals surface area contributed by atoms with Crippen molar-refractivity contribution < 1.29 is 4.79 Å². The van der Waals surface area contributed by atoms with Gasteiger partial charge in [-0.05, 0) is 31.1 Å². The molecule has 4 atom stereocenters. The summed E-state index contributed by atoms with van der Waals surface area (Å²) in [7, 11) is 0. The fourth-order valence-corrected chi connectivity index (χ4v) is 7.92. The van der Waals surface area contributed by atoms with Gasteiger partial charge in [-0.1, -0.05) is 57.2 Å². The molecule has 162 valence electrons. The number of fused-ring (bicyclic) bond motifs is 3. The van der Waals surface area contributed by atoms with Crippen molar-refractivity contribution in [3.63, 3.8) is 0 Å². The average Bonchev–Trinajstić information content (AvgIpc) is 3.28. The van der Waals surface area contributed by atoms with E-state index in [1.165, 1.54) is 36.2 Å². The van der Waals surface area contributed by atoms with Crippen molar-refractivity contribution in [3.05, 3.63) is 16.9 Å². The first-order valence-corrected chi connectivity index (χ1v) is 13.3. The second-order valence-corrected chi connectivity index (χ2v) is 12.2. The molecule has 6 nitrogen and oxygen atoms in total. The van der Waals surface area contributed by atoms with E-state index in [-0.39, 0.29) is 11.2 Å². The Morgan fingerprint density at radius 3 is 2.90 bits per heavy atom. The molecule has 9 heteroatoms. The number of amides is 1. The summed E-state index contributed by atoms with van der Waals surface area (Å²) in [4.78, 5) is 22.1. The molecule has 3 heterocycles. The van der Waals surface area contributed by atoms with Gasteiger partial charge in [-0.3, -0.25) is 10.1 Å². The van der Waals surface area contributed by atoms with Gasteiger partial charge in [0.2, 0.25) is 11.0 Å². The number of hydrogen-bond acceptors (Lipinski definition) is 8. The fraction of sp³-hybridized carbons (Fsp3) is 0.667. The van der Waals surface area contributed by atoms with Crippen molar-refractivity contribution in [2.75, 3.05) is 5.32 Å². The number of nitrogens with one attached hydrogen (secondary N) is 1. The molecule has 0 spiro atoms. The van der Waals surface area contributed by atoms with E-state index in [1.807, 2.05) is 18.7 Å². The number of carbonyl (C=O) groups is 1. The molecule has 30 heavy (non-hydrogen) atoms. The quantitative estimate of drug-likeness (QED) is 0.434. The van der Waals surface area contributed by atoms with Crippen LogP contribution in [-0.4, -0.2) is 36.6 Å². The zero-order chi connectivity index (χ0) is 21.3. The molecule has 1 saturated carbocycles. The molecule has 2 aromatic rings. The number of anilines is 1. The minimum Gasteiger partial charge on any atom is -0.300 e. The first-order chi connectivity index (χ1) is 14.4. The third kappa shape index (κ3) is 4.83. The van der Waals surface area contributed by atoms with E-state index >= 15 is 0 Å². The molecule has 1 fully saturated rings. The van der Waals surface area contributed by atoms with E-state index in [2.05, 4.69) is 46.3 Å². The van der Waals surface area contributed by atoms with Gasteiger partial charge < -0.3 is 0 Å². The lowest BCUT2D eigenvalue weighted by Crippen LogP contribution is -2.25. The molecular weight excluding hydrogens is 434 g/mol. The summed E-state index contributed by atoms with van der Waals surface area (Å²) in [6.07, 6.45) is 6.95. The highest BCUT2D eigenvalue weighted by molar-refractivity contribution is 8.01. The van der Waals surface area contributed by atoms with Gasteiger partial charge in [-0.2, -0.15) is 0 Å². The molecule has 1 amide bonds. The predicted molar refractivity (Wildman–Crippen MR) is 124 cm³/mol. The van der Waals surface area contributed by atoms with Crippen LogP contribution in [0.1, 0.15) is 69.9 Å². The SMILES string of the molecule is CCC(Sc1ncnc2c1C1CCC(C)CC1S2)C(=O)Nc1nnc(CC(C)C)s1. The van der Waals surface area contributed by atoms with Crippen LogP contribution in [0.3, 0.4) is 0 Å². The molecule has 1 aliphatic heterocycles. The second-order valence-electron chi connectivity index (χ2n) is 8.68. The van der Waals surface area contributed by atoms with Crippen LogP contribution in [0, 0.1) is 11.8 Å². The Bertz CT molecular complexity index is 903. The average molecular weight is 464 g/mol. The molecule has 2 aliphatic rings. The minimum absolute atomic E-state index is 0.0263. The monoisotopic (exact) mass is 463 g/mol. The lowest BCUT2D eigenvalue weighted by atomic mass is 9.80. The Morgan fingerprint density at radius 1 is 1.30 bits per heavy atom. The van der Waals surface area contributed by atoms with E-state index < -0.39 is 0 Å². The highest BCUT2D eigenvalue weighted by atomic mass is 32.2. The standard InChI is InChI=1S/C21H29N5OS3/c1-5-14(18(27)24-21-26-25-16(30-21)8-11(2)3)28-19-17-13-7-6-12(4)9-15(13)29-20(17)23-10-22-19/h10-15H,5-9H2,1-4H3,(H,24,26,27). The zero-order valence-electron chi connectivity index (χ0n) is 17.9. The number of hydrogen-bond donors (Lipinski definition) is 1. The largest absolute Gasteiger partial charge is 0.300 e. The van der Waals surface area contributed by atoms with Crippen LogP contribution < -0.4 is 5.32 Å². The number of thioether (sulfide) groups is 2. The molecule has 0 aromatic carbocycles. The van der Waals surface area contributed by atoms with Crippen LogP contribution in [0.2, 0.25) is 0 Å². The van der Waals surface area contributed by atoms with Gasteiger partial charge in [-0.25, -0.2) is 9.97 Å². The van der Waals surface area contributed by atoms with E-state index in [9.17, 15) is 4.79 Å². The third-order valence-corrected chi connectivity index (χ3v) is 9.31. The van der Waals surface area contributed by atoms with Gasteiger partial charge in [0.1, 0.15) is 21.4 Å². The lowest BCUT2D eigenvalue weighted by Gasteiger charge is -2.29. The van der Waals surface area contributed by atoms with Gasteiger partial charge in [0.25, 0.3) is 0 Å². The maximum atomic E-state index is 13.0. The molecule has 1 aliphatic carbocycles. The minimum atomic E-state index is -0.215. The van der Waals surface area contributed by atoms with Crippen LogP contribution >= 0.6 is 34.9 Å². The van der Waals surface area contributed by atoms with E-state index in [4.69, 9.17) is 0 Å². The fourth-order valence-electron chi connectivity index (χ4n) is 4.18. The van der Waals surface area contributed by atoms with Gasteiger partial charge in [0, 0.05) is 23.2 Å². The third-order valence-electron chi connectivity index (χ3n) is 5.70. The Balaban J connectivity index is 1.46. The molecule has 0 radical (unpaired) electrons. The summed E-state index contributed by atoms with van der Waals surface area (Å²) >= 11 is 4.95.